The van der Waals surface area contributed by atoms with E-state index in [2.05, 4.69) is 40.0 Å². The molecular weight excluding hydrogens is 356 g/mol. The van der Waals surface area contributed by atoms with E-state index in [1.807, 2.05) is 23.7 Å². The van der Waals surface area contributed by atoms with Crippen molar-refractivity contribution in [1.82, 2.24) is 19.9 Å². The van der Waals surface area contributed by atoms with Crippen LogP contribution in [0.4, 0.5) is 0 Å². The molecule has 5 nitrogen and oxygen atoms in total. The van der Waals surface area contributed by atoms with Gasteiger partial charge in [0.15, 0.2) is 0 Å². The number of methoxy groups -OCH3 is 1. The number of nitrogens with zero attached hydrogens (tertiary/aromatic N) is 4. The van der Waals surface area contributed by atoms with Crippen molar-refractivity contribution in [2.75, 3.05) is 13.7 Å². The van der Waals surface area contributed by atoms with Gasteiger partial charge in [-0.15, -0.1) is 11.3 Å². The van der Waals surface area contributed by atoms with Crippen LogP contribution in [0, 0.1) is 0 Å². The summed E-state index contributed by atoms with van der Waals surface area (Å²) in [4.78, 5) is 16.1. The highest BCUT2D eigenvalue weighted by Gasteiger charge is 2.39. The minimum absolute atomic E-state index is 0.395. The molecule has 6 heteroatoms. The van der Waals surface area contributed by atoms with Gasteiger partial charge >= 0.3 is 6.01 Å². The predicted molar refractivity (Wildman–Crippen MR) is 108 cm³/mol. The van der Waals surface area contributed by atoms with Crippen LogP contribution in [0.15, 0.2) is 30.6 Å². The number of aromatic nitrogens is 3. The molecule has 1 aromatic carbocycles. The average Bonchev–Trinajstić information content (AvgIpc) is 3.26. The Morgan fingerprint density at radius 1 is 1.15 bits per heavy atom. The van der Waals surface area contributed by atoms with Crippen molar-refractivity contribution >= 4 is 21.6 Å². The summed E-state index contributed by atoms with van der Waals surface area (Å²) in [7, 11) is 1.58. The molecule has 0 spiro atoms. The van der Waals surface area contributed by atoms with Crippen LogP contribution in [0.3, 0.4) is 0 Å². The summed E-state index contributed by atoms with van der Waals surface area (Å²) in [5.41, 5.74) is 3.23. The van der Waals surface area contributed by atoms with Crippen molar-refractivity contribution in [1.29, 1.82) is 0 Å². The Hall–Kier alpha value is -2.05. The second-order valence-electron chi connectivity index (χ2n) is 7.74. The van der Waals surface area contributed by atoms with Crippen LogP contribution < -0.4 is 4.74 Å². The number of rotatable bonds is 4. The Balaban J connectivity index is 1.34. The van der Waals surface area contributed by atoms with Crippen molar-refractivity contribution in [2.24, 2.45) is 0 Å². The number of hydrogen-bond donors (Lipinski definition) is 0. The molecule has 3 heterocycles. The van der Waals surface area contributed by atoms with Gasteiger partial charge in [0.25, 0.3) is 0 Å². The van der Waals surface area contributed by atoms with Gasteiger partial charge < -0.3 is 4.74 Å². The fourth-order valence-corrected chi connectivity index (χ4v) is 5.56. The van der Waals surface area contributed by atoms with E-state index in [1.54, 1.807) is 7.11 Å². The van der Waals surface area contributed by atoms with E-state index >= 15 is 0 Å². The number of thiazole rings is 1. The molecule has 1 atom stereocenters. The molecule has 27 heavy (non-hydrogen) atoms. The maximum Gasteiger partial charge on any atom is 0.316 e. The monoisotopic (exact) mass is 380 g/mol. The first-order valence-electron chi connectivity index (χ1n) is 9.74. The molecule has 3 aromatic rings. The summed E-state index contributed by atoms with van der Waals surface area (Å²) in [6.45, 7) is 3.66. The summed E-state index contributed by atoms with van der Waals surface area (Å²) in [6, 6.07) is 8.36. The maximum atomic E-state index is 5.04. The maximum absolute atomic E-state index is 5.04. The van der Waals surface area contributed by atoms with Crippen molar-refractivity contribution in [2.45, 2.75) is 50.6 Å². The fourth-order valence-electron chi connectivity index (χ4n) is 4.43. The summed E-state index contributed by atoms with van der Waals surface area (Å²) in [5.74, 6) is 0.632. The molecule has 5 rings (SSSR count). The van der Waals surface area contributed by atoms with Gasteiger partial charge in [0.05, 0.1) is 22.3 Å². The van der Waals surface area contributed by atoms with Gasteiger partial charge in [-0.05, 0) is 56.8 Å². The standard InChI is InChI=1S/C21H24N4OS/c1-13-4-3-7-25(13)17-8-15(9-17)20-24-18-6-5-14(10-19(18)27-20)16-11-22-21(26-2)23-12-16/h5-6,10-13,15,17H,3-4,7-9H2,1-2H3/t13-,15?,17?/m0/s1. The number of fused-ring (bicyclic) bond motifs is 1. The zero-order chi connectivity index (χ0) is 18.4. The van der Waals surface area contributed by atoms with E-state index in [-0.39, 0.29) is 0 Å². The first kappa shape index (κ1) is 17.1. The van der Waals surface area contributed by atoms with Crippen LogP contribution in [0.1, 0.15) is 43.5 Å². The largest absolute Gasteiger partial charge is 0.467 e. The van der Waals surface area contributed by atoms with Crippen molar-refractivity contribution in [3.05, 3.63) is 35.6 Å². The number of hydrogen-bond acceptors (Lipinski definition) is 6. The summed E-state index contributed by atoms with van der Waals surface area (Å²) in [5, 5.41) is 1.30. The van der Waals surface area contributed by atoms with Gasteiger partial charge in [0, 0.05) is 36.0 Å². The van der Waals surface area contributed by atoms with Gasteiger partial charge in [0.1, 0.15) is 0 Å². The van der Waals surface area contributed by atoms with E-state index in [1.165, 1.54) is 41.9 Å². The predicted octanol–water partition coefficient (Wildman–Crippen LogP) is 4.49. The summed E-state index contributed by atoms with van der Waals surface area (Å²) >= 11 is 1.85. The third kappa shape index (κ3) is 3.11. The Kier molecular flexibility index (Phi) is 4.32. The zero-order valence-electron chi connectivity index (χ0n) is 15.8. The smallest absolute Gasteiger partial charge is 0.316 e. The molecule has 2 aliphatic rings. The van der Waals surface area contributed by atoms with Gasteiger partial charge in [-0.2, -0.15) is 0 Å². The number of likely N-dealkylation sites (tertiary alicyclic amines) is 1. The van der Waals surface area contributed by atoms with Crippen LogP contribution in [-0.2, 0) is 0 Å². The highest BCUT2D eigenvalue weighted by atomic mass is 32.1. The average molecular weight is 381 g/mol. The van der Waals surface area contributed by atoms with Crippen molar-refractivity contribution in [3.8, 4) is 17.1 Å². The van der Waals surface area contributed by atoms with Crippen molar-refractivity contribution in [3.63, 3.8) is 0 Å². The third-order valence-corrected chi connectivity index (χ3v) is 7.27. The third-order valence-electron chi connectivity index (χ3n) is 6.08. The lowest BCUT2D eigenvalue weighted by Gasteiger charge is -2.42. The van der Waals surface area contributed by atoms with E-state index in [4.69, 9.17) is 9.72 Å². The summed E-state index contributed by atoms with van der Waals surface area (Å²) < 4.78 is 6.29. The quantitative estimate of drug-likeness (QED) is 0.667. The Labute approximate surface area is 163 Å². The Morgan fingerprint density at radius 2 is 1.96 bits per heavy atom. The minimum atomic E-state index is 0.395. The normalized spacial score (nSPS) is 25.6. The highest BCUT2D eigenvalue weighted by molar-refractivity contribution is 7.18. The van der Waals surface area contributed by atoms with Gasteiger partial charge in [-0.3, -0.25) is 4.90 Å². The van der Waals surface area contributed by atoms with Crippen LogP contribution >= 0.6 is 11.3 Å². The first-order chi connectivity index (χ1) is 13.2. The number of benzene rings is 1. The molecule has 2 fully saturated rings. The topological polar surface area (TPSA) is 51.1 Å². The molecular formula is C21H24N4OS. The lowest BCUT2D eigenvalue weighted by atomic mass is 9.79. The molecule has 2 aromatic heterocycles. The molecule has 0 amide bonds. The Bertz CT molecular complexity index is 948. The fraction of sp³-hybridized carbons (Fsp3) is 0.476. The molecule has 140 valence electrons. The Morgan fingerprint density at radius 3 is 2.67 bits per heavy atom. The molecule has 0 unspecified atom stereocenters. The number of ether oxygens (including phenoxy) is 1. The molecule has 0 bridgehead atoms. The zero-order valence-corrected chi connectivity index (χ0v) is 16.6. The molecule has 1 saturated heterocycles. The second-order valence-corrected chi connectivity index (χ2v) is 8.81. The van der Waals surface area contributed by atoms with Gasteiger partial charge in [0.2, 0.25) is 0 Å². The SMILES string of the molecule is COc1ncc(-c2ccc3nc(C4CC(N5CCC[C@@H]5C)C4)sc3c2)cn1. The van der Waals surface area contributed by atoms with Crippen LogP contribution in [0.25, 0.3) is 21.3 Å². The van der Waals surface area contributed by atoms with Crippen LogP contribution in [0.2, 0.25) is 0 Å². The first-order valence-corrected chi connectivity index (χ1v) is 10.6. The lowest BCUT2D eigenvalue weighted by Crippen LogP contribution is -2.45. The molecule has 0 N–H and O–H groups in total. The van der Waals surface area contributed by atoms with Gasteiger partial charge in [-0.25, -0.2) is 15.0 Å². The molecule has 1 saturated carbocycles. The van der Waals surface area contributed by atoms with Crippen molar-refractivity contribution < 1.29 is 4.74 Å². The molecule has 0 radical (unpaired) electrons. The van der Waals surface area contributed by atoms with Crippen LogP contribution in [0.5, 0.6) is 6.01 Å². The van der Waals surface area contributed by atoms with Gasteiger partial charge in [-0.1, -0.05) is 6.07 Å². The molecule has 1 aliphatic carbocycles. The minimum Gasteiger partial charge on any atom is -0.467 e. The molecule has 1 aliphatic heterocycles. The summed E-state index contributed by atoms with van der Waals surface area (Å²) in [6.07, 6.45) is 8.87. The lowest BCUT2D eigenvalue weighted by molar-refractivity contribution is 0.103. The van der Waals surface area contributed by atoms with E-state index in [9.17, 15) is 0 Å². The van der Waals surface area contributed by atoms with E-state index < -0.39 is 0 Å². The van der Waals surface area contributed by atoms with E-state index in [0.717, 1.165) is 28.7 Å². The van der Waals surface area contributed by atoms with Crippen LogP contribution in [-0.4, -0.2) is 45.6 Å². The van der Waals surface area contributed by atoms with E-state index in [0.29, 0.717) is 11.9 Å². The second kappa shape index (κ2) is 6.84. The highest BCUT2D eigenvalue weighted by Crippen LogP contribution is 2.44.